The minimum absolute atomic E-state index is 0.149. The molecule has 0 radical (unpaired) electrons. The summed E-state index contributed by atoms with van der Waals surface area (Å²) in [7, 11) is 0. The van der Waals surface area contributed by atoms with Gasteiger partial charge in [-0.1, -0.05) is 17.7 Å². The number of hydrogen-bond acceptors (Lipinski definition) is 4. The lowest BCUT2D eigenvalue weighted by atomic mass is 10.1. The van der Waals surface area contributed by atoms with Crippen LogP contribution in [0.3, 0.4) is 0 Å². The third kappa shape index (κ3) is 2.60. The Bertz CT molecular complexity index is 900. The van der Waals surface area contributed by atoms with Gasteiger partial charge in [-0.3, -0.25) is 9.59 Å². The van der Waals surface area contributed by atoms with Gasteiger partial charge in [0.1, 0.15) is 5.56 Å². The zero-order chi connectivity index (χ0) is 16.6. The molecule has 2 aromatic heterocycles. The fraction of sp³-hybridized carbons (Fsp3) is 0.125. The number of ether oxygens (including phenoxy) is 1. The maximum Gasteiger partial charge on any atom is 0.275 e. The summed E-state index contributed by atoms with van der Waals surface area (Å²) in [6.07, 6.45) is 0. The quantitative estimate of drug-likeness (QED) is 0.783. The van der Waals surface area contributed by atoms with E-state index < -0.39 is 5.91 Å². The molecule has 5 nitrogen and oxygen atoms in total. The van der Waals surface area contributed by atoms with Crippen LogP contribution in [-0.2, 0) is 0 Å². The van der Waals surface area contributed by atoms with E-state index in [9.17, 15) is 9.59 Å². The topological polar surface area (TPSA) is 74.3 Å². The van der Waals surface area contributed by atoms with Crippen molar-refractivity contribution in [2.24, 2.45) is 5.73 Å². The van der Waals surface area contributed by atoms with E-state index in [1.807, 2.05) is 5.38 Å². The molecule has 23 heavy (non-hydrogen) atoms. The molecular formula is C16H13ClN2O3S. The molecule has 2 heterocycles. The fourth-order valence-electron chi connectivity index (χ4n) is 2.46. The maximum atomic E-state index is 12.8. The van der Waals surface area contributed by atoms with Crippen LogP contribution in [0.1, 0.15) is 27.0 Å². The van der Waals surface area contributed by atoms with E-state index >= 15 is 0 Å². The Hall–Kier alpha value is -2.31. The number of carbonyl (C=O) groups excluding carboxylic acids is 2. The number of aromatic nitrogens is 1. The minimum Gasteiger partial charge on any atom is -0.478 e. The summed E-state index contributed by atoms with van der Waals surface area (Å²) in [5.41, 5.74) is 6.20. The van der Waals surface area contributed by atoms with Crippen molar-refractivity contribution in [2.45, 2.75) is 6.92 Å². The van der Waals surface area contributed by atoms with Gasteiger partial charge in [-0.05, 0) is 36.6 Å². The van der Waals surface area contributed by atoms with Crippen molar-refractivity contribution in [3.8, 4) is 5.88 Å². The van der Waals surface area contributed by atoms with Crippen LogP contribution in [0.25, 0.3) is 10.9 Å². The van der Waals surface area contributed by atoms with E-state index in [2.05, 4.69) is 0 Å². The van der Waals surface area contributed by atoms with Gasteiger partial charge in [0.25, 0.3) is 11.8 Å². The van der Waals surface area contributed by atoms with Gasteiger partial charge in [-0.2, -0.15) is 0 Å². The highest BCUT2D eigenvalue weighted by atomic mass is 35.5. The van der Waals surface area contributed by atoms with Crippen LogP contribution in [-0.4, -0.2) is 23.0 Å². The first-order valence-corrected chi connectivity index (χ1v) is 8.15. The number of nitrogens with two attached hydrogens (primary N) is 1. The van der Waals surface area contributed by atoms with Crippen LogP contribution < -0.4 is 10.5 Å². The number of fused-ring (bicyclic) bond motifs is 1. The molecule has 0 fully saturated rings. The number of halogens is 1. The molecule has 0 saturated heterocycles. The van der Waals surface area contributed by atoms with Crippen LogP contribution in [0, 0.1) is 0 Å². The number of amides is 1. The molecule has 0 unspecified atom stereocenters. The predicted octanol–water partition coefficient (Wildman–Crippen LogP) is 3.54. The predicted molar refractivity (Wildman–Crippen MR) is 90.7 cm³/mol. The number of hydrogen-bond donors (Lipinski definition) is 1. The second-order valence-electron chi connectivity index (χ2n) is 4.76. The molecule has 3 rings (SSSR count). The average Bonchev–Trinajstić information content (AvgIpc) is 3.12. The van der Waals surface area contributed by atoms with E-state index in [0.717, 1.165) is 0 Å². The van der Waals surface area contributed by atoms with Crippen molar-refractivity contribution >= 4 is 45.7 Å². The highest BCUT2D eigenvalue weighted by Gasteiger charge is 2.27. The Morgan fingerprint density at radius 2 is 2.13 bits per heavy atom. The van der Waals surface area contributed by atoms with Gasteiger partial charge in [0.15, 0.2) is 0 Å². The molecule has 0 aliphatic carbocycles. The fourth-order valence-corrected chi connectivity index (χ4v) is 3.29. The van der Waals surface area contributed by atoms with Gasteiger partial charge in [0, 0.05) is 10.4 Å². The molecule has 0 aliphatic rings. The molecule has 0 bridgehead atoms. The molecule has 0 aliphatic heterocycles. The Kier molecular flexibility index (Phi) is 4.11. The first-order valence-electron chi connectivity index (χ1n) is 6.89. The van der Waals surface area contributed by atoms with E-state index in [1.165, 1.54) is 15.9 Å². The number of rotatable bonds is 4. The summed E-state index contributed by atoms with van der Waals surface area (Å²) in [5.74, 6) is -0.794. The summed E-state index contributed by atoms with van der Waals surface area (Å²) in [4.78, 5) is 25.3. The number of thiophene rings is 1. The summed E-state index contributed by atoms with van der Waals surface area (Å²) in [5, 5.41) is 2.76. The van der Waals surface area contributed by atoms with Crippen molar-refractivity contribution < 1.29 is 14.3 Å². The smallest absolute Gasteiger partial charge is 0.275 e. The van der Waals surface area contributed by atoms with Gasteiger partial charge in [-0.25, -0.2) is 4.57 Å². The van der Waals surface area contributed by atoms with Gasteiger partial charge in [0.05, 0.1) is 17.0 Å². The van der Waals surface area contributed by atoms with E-state index in [4.69, 9.17) is 22.1 Å². The molecule has 2 N–H and O–H groups in total. The molecule has 1 aromatic carbocycles. The lowest BCUT2D eigenvalue weighted by Crippen LogP contribution is -2.16. The zero-order valence-corrected chi connectivity index (χ0v) is 13.8. The van der Waals surface area contributed by atoms with E-state index in [0.29, 0.717) is 27.4 Å². The SMILES string of the molecule is CCOc1c(C(N)=O)c2cc(Cl)ccc2n1C(=O)c1cccs1. The molecular weight excluding hydrogens is 336 g/mol. The van der Waals surface area contributed by atoms with Crippen LogP contribution >= 0.6 is 22.9 Å². The van der Waals surface area contributed by atoms with E-state index in [1.54, 1.807) is 37.3 Å². The number of nitrogens with zero attached hydrogens (tertiary/aromatic N) is 1. The zero-order valence-electron chi connectivity index (χ0n) is 12.2. The molecule has 0 atom stereocenters. The molecule has 3 aromatic rings. The van der Waals surface area contributed by atoms with Crippen LogP contribution in [0.15, 0.2) is 35.7 Å². The Morgan fingerprint density at radius 3 is 2.74 bits per heavy atom. The van der Waals surface area contributed by atoms with Crippen molar-refractivity contribution in [3.05, 3.63) is 51.2 Å². The van der Waals surface area contributed by atoms with Gasteiger partial charge in [-0.15, -0.1) is 11.3 Å². The molecule has 1 amide bonds. The first-order chi connectivity index (χ1) is 11.0. The standard InChI is InChI=1S/C16H13ClN2O3S/c1-2-22-16-13(14(18)20)10-8-9(17)5-6-11(10)19(16)15(21)12-4-3-7-23-12/h3-8H,2H2,1H3,(H2,18,20). The van der Waals surface area contributed by atoms with E-state index in [-0.39, 0.29) is 17.4 Å². The van der Waals surface area contributed by atoms with Gasteiger partial charge < -0.3 is 10.5 Å². The molecule has 118 valence electrons. The third-order valence-corrected chi connectivity index (χ3v) is 4.44. The largest absolute Gasteiger partial charge is 0.478 e. The van der Waals surface area contributed by atoms with Crippen molar-refractivity contribution in [1.29, 1.82) is 0 Å². The number of primary amides is 1. The minimum atomic E-state index is -0.668. The monoisotopic (exact) mass is 348 g/mol. The highest BCUT2D eigenvalue weighted by molar-refractivity contribution is 7.12. The first kappa shape index (κ1) is 15.6. The van der Waals surface area contributed by atoms with Crippen molar-refractivity contribution in [1.82, 2.24) is 4.57 Å². The van der Waals surface area contributed by atoms with Gasteiger partial charge in [0.2, 0.25) is 5.88 Å². The van der Waals surface area contributed by atoms with Crippen LogP contribution in [0.2, 0.25) is 5.02 Å². The summed E-state index contributed by atoms with van der Waals surface area (Å²) in [6.45, 7) is 2.07. The summed E-state index contributed by atoms with van der Waals surface area (Å²) >= 11 is 7.34. The average molecular weight is 349 g/mol. The maximum absolute atomic E-state index is 12.8. The van der Waals surface area contributed by atoms with Gasteiger partial charge >= 0.3 is 0 Å². The lowest BCUT2D eigenvalue weighted by molar-refractivity contribution is 0.0956. The van der Waals surface area contributed by atoms with Crippen molar-refractivity contribution in [3.63, 3.8) is 0 Å². The summed E-state index contributed by atoms with van der Waals surface area (Å²) < 4.78 is 6.95. The van der Waals surface area contributed by atoms with Crippen molar-refractivity contribution in [2.75, 3.05) is 6.61 Å². The Balaban J connectivity index is 2.37. The Labute approximate surface area is 141 Å². The second-order valence-corrected chi connectivity index (χ2v) is 6.14. The molecule has 0 spiro atoms. The van der Waals surface area contributed by atoms with Crippen LogP contribution in [0.4, 0.5) is 0 Å². The normalized spacial score (nSPS) is 10.9. The molecule has 7 heteroatoms. The molecule has 0 saturated carbocycles. The number of carbonyl (C=O) groups is 2. The van der Waals surface area contributed by atoms with Crippen LogP contribution in [0.5, 0.6) is 5.88 Å². The lowest BCUT2D eigenvalue weighted by Gasteiger charge is -2.09. The third-order valence-electron chi connectivity index (χ3n) is 3.35. The summed E-state index contributed by atoms with van der Waals surface area (Å²) in [6, 6.07) is 8.45. The Morgan fingerprint density at radius 1 is 1.35 bits per heavy atom. The second kappa shape index (κ2) is 6.06. The number of benzene rings is 1. The highest BCUT2D eigenvalue weighted by Crippen LogP contribution is 2.34.